The number of halogens is 1. The van der Waals surface area contributed by atoms with E-state index >= 15 is 0 Å². The molecule has 2 rings (SSSR count). The number of hydrogen-bond donors (Lipinski definition) is 1. The summed E-state index contributed by atoms with van der Waals surface area (Å²) in [5.41, 5.74) is 1.61. The molecule has 0 saturated heterocycles. The standard InChI is InChI=1S/C20H20FNO3/c1-13(2)22-19(12-14(3)20(23)24)15-4-8-17(9-5-15)25-18-10-6-16(21)7-11-18/h4-13H,1-3H3,(H,23,24). The Bertz CT molecular complexity index is 791. The Labute approximate surface area is 146 Å². The van der Waals surface area contributed by atoms with E-state index < -0.39 is 5.97 Å². The van der Waals surface area contributed by atoms with Crippen molar-refractivity contribution in [3.05, 3.63) is 71.6 Å². The number of hydrogen-bond acceptors (Lipinski definition) is 3. The SMILES string of the molecule is CC(=CC(=NC(C)C)c1ccc(Oc2ccc(F)cc2)cc1)C(=O)O. The highest BCUT2D eigenvalue weighted by Gasteiger charge is 2.07. The van der Waals surface area contributed by atoms with Gasteiger partial charge >= 0.3 is 5.97 Å². The number of benzene rings is 2. The van der Waals surface area contributed by atoms with Gasteiger partial charge in [0.05, 0.1) is 5.71 Å². The molecular formula is C20H20FNO3. The van der Waals surface area contributed by atoms with Crippen LogP contribution in [0, 0.1) is 5.82 Å². The maximum atomic E-state index is 12.9. The summed E-state index contributed by atoms with van der Waals surface area (Å²) in [4.78, 5) is 15.6. The molecule has 0 aliphatic heterocycles. The first-order valence-electron chi connectivity index (χ1n) is 7.88. The summed E-state index contributed by atoms with van der Waals surface area (Å²) in [7, 11) is 0. The summed E-state index contributed by atoms with van der Waals surface area (Å²) >= 11 is 0. The molecule has 0 bridgehead atoms. The molecule has 2 aromatic rings. The number of ether oxygens (including phenoxy) is 1. The van der Waals surface area contributed by atoms with E-state index in [1.165, 1.54) is 19.1 Å². The first-order valence-corrected chi connectivity index (χ1v) is 7.88. The molecule has 0 radical (unpaired) electrons. The minimum absolute atomic E-state index is 0.0305. The summed E-state index contributed by atoms with van der Waals surface area (Å²) in [5.74, 6) is -0.171. The normalized spacial score (nSPS) is 12.4. The van der Waals surface area contributed by atoms with E-state index in [0.717, 1.165) is 5.56 Å². The molecule has 0 aromatic heterocycles. The van der Waals surface area contributed by atoms with E-state index in [9.17, 15) is 9.18 Å². The second kappa shape index (κ2) is 8.24. The van der Waals surface area contributed by atoms with Gasteiger partial charge in [0.25, 0.3) is 0 Å². The summed E-state index contributed by atoms with van der Waals surface area (Å²) in [6.45, 7) is 5.39. The average molecular weight is 341 g/mol. The quantitative estimate of drug-likeness (QED) is 0.604. The second-order valence-corrected chi connectivity index (χ2v) is 5.82. The van der Waals surface area contributed by atoms with Crippen LogP contribution >= 0.6 is 0 Å². The number of allylic oxidation sites excluding steroid dienone is 1. The molecule has 0 heterocycles. The third kappa shape index (κ3) is 5.57. The number of aliphatic imine (C=N–C) groups is 1. The van der Waals surface area contributed by atoms with Gasteiger partial charge in [0, 0.05) is 11.6 Å². The highest BCUT2D eigenvalue weighted by Crippen LogP contribution is 2.22. The second-order valence-electron chi connectivity index (χ2n) is 5.82. The van der Waals surface area contributed by atoms with Crippen molar-refractivity contribution in [3.8, 4) is 11.5 Å². The Morgan fingerprint density at radius 2 is 1.60 bits per heavy atom. The van der Waals surface area contributed by atoms with Gasteiger partial charge in [-0.3, -0.25) is 4.99 Å². The molecule has 0 unspecified atom stereocenters. The monoisotopic (exact) mass is 341 g/mol. The van der Waals surface area contributed by atoms with Crippen LogP contribution in [0.4, 0.5) is 4.39 Å². The Balaban J connectivity index is 2.24. The van der Waals surface area contributed by atoms with Crippen molar-refractivity contribution >= 4 is 11.7 Å². The topological polar surface area (TPSA) is 58.9 Å². The zero-order valence-electron chi connectivity index (χ0n) is 14.4. The van der Waals surface area contributed by atoms with Crippen LogP contribution in [0.5, 0.6) is 11.5 Å². The smallest absolute Gasteiger partial charge is 0.331 e. The molecule has 2 aromatic carbocycles. The van der Waals surface area contributed by atoms with Gasteiger partial charge in [0.1, 0.15) is 17.3 Å². The number of rotatable bonds is 6. The van der Waals surface area contributed by atoms with Crippen LogP contribution in [0.25, 0.3) is 0 Å². The van der Waals surface area contributed by atoms with Crippen molar-refractivity contribution in [2.75, 3.05) is 0 Å². The van der Waals surface area contributed by atoms with E-state index in [2.05, 4.69) is 4.99 Å². The lowest BCUT2D eigenvalue weighted by Gasteiger charge is -2.09. The average Bonchev–Trinajstić information content (AvgIpc) is 2.56. The lowest BCUT2D eigenvalue weighted by molar-refractivity contribution is -0.132. The summed E-state index contributed by atoms with van der Waals surface area (Å²) < 4.78 is 18.6. The molecule has 0 fully saturated rings. The molecule has 4 nitrogen and oxygen atoms in total. The Morgan fingerprint density at radius 3 is 2.08 bits per heavy atom. The van der Waals surface area contributed by atoms with Crippen LogP contribution < -0.4 is 4.74 Å². The highest BCUT2D eigenvalue weighted by molar-refractivity contribution is 6.11. The van der Waals surface area contributed by atoms with Crippen molar-refractivity contribution < 1.29 is 19.0 Å². The van der Waals surface area contributed by atoms with Gasteiger partial charge in [0.2, 0.25) is 0 Å². The van der Waals surface area contributed by atoms with Gasteiger partial charge in [-0.2, -0.15) is 0 Å². The fourth-order valence-corrected chi connectivity index (χ4v) is 2.07. The van der Waals surface area contributed by atoms with Gasteiger partial charge in [-0.25, -0.2) is 9.18 Å². The van der Waals surface area contributed by atoms with Gasteiger partial charge in [0.15, 0.2) is 0 Å². The third-order valence-corrected chi connectivity index (χ3v) is 3.29. The molecule has 130 valence electrons. The van der Waals surface area contributed by atoms with Crippen LogP contribution in [-0.2, 0) is 4.79 Å². The summed E-state index contributed by atoms with van der Waals surface area (Å²) in [6.07, 6.45) is 1.55. The molecule has 1 N–H and O–H groups in total. The fraction of sp³-hybridized carbons (Fsp3) is 0.200. The molecule has 0 aliphatic carbocycles. The number of carboxylic acid groups (broad SMARTS) is 1. The van der Waals surface area contributed by atoms with Gasteiger partial charge in [-0.05, 0) is 80.9 Å². The zero-order valence-corrected chi connectivity index (χ0v) is 14.4. The van der Waals surface area contributed by atoms with Crippen LogP contribution in [0.1, 0.15) is 26.3 Å². The van der Waals surface area contributed by atoms with E-state index in [1.54, 1.807) is 30.3 Å². The zero-order chi connectivity index (χ0) is 18.4. The Morgan fingerprint density at radius 1 is 1.08 bits per heavy atom. The minimum atomic E-state index is -0.979. The van der Waals surface area contributed by atoms with Crippen molar-refractivity contribution in [2.45, 2.75) is 26.8 Å². The van der Waals surface area contributed by atoms with Gasteiger partial charge in [-0.15, -0.1) is 0 Å². The van der Waals surface area contributed by atoms with E-state index in [-0.39, 0.29) is 17.4 Å². The molecule has 25 heavy (non-hydrogen) atoms. The maximum Gasteiger partial charge on any atom is 0.331 e. The largest absolute Gasteiger partial charge is 0.478 e. The number of carboxylic acids is 1. The van der Waals surface area contributed by atoms with Crippen molar-refractivity contribution in [3.63, 3.8) is 0 Å². The van der Waals surface area contributed by atoms with E-state index in [0.29, 0.717) is 17.2 Å². The Kier molecular flexibility index (Phi) is 6.06. The van der Waals surface area contributed by atoms with E-state index in [4.69, 9.17) is 9.84 Å². The Hall–Kier alpha value is -2.95. The molecule has 5 heteroatoms. The number of aliphatic carboxylic acids is 1. The fourth-order valence-electron chi connectivity index (χ4n) is 2.07. The van der Waals surface area contributed by atoms with Gasteiger partial charge < -0.3 is 9.84 Å². The lowest BCUT2D eigenvalue weighted by atomic mass is 10.1. The van der Waals surface area contributed by atoms with Gasteiger partial charge in [-0.1, -0.05) is 0 Å². The molecule has 0 saturated carbocycles. The number of nitrogens with zero attached hydrogens (tertiary/aromatic N) is 1. The van der Waals surface area contributed by atoms with Crippen LogP contribution in [0.2, 0.25) is 0 Å². The predicted octanol–water partition coefficient (Wildman–Crippen LogP) is 4.85. The molecule has 0 spiro atoms. The summed E-state index contributed by atoms with van der Waals surface area (Å²) in [6, 6.07) is 12.9. The molecule has 0 aliphatic rings. The molecule has 0 amide bonds. The predicted molar refractivity (Wildman–Crippen MR) is 96.0 cm³/mol. The van der Waals surface area contributed by atoms with Crippen LogP contribution in [-0.4, -0.2) is 22.8 Å². The van der Waals surface area contributed by atoms with Crippen molar-refractivity contribution in [1.29, 1.82) is 0 Å². The maximum absolute atomic E-state index is 12.9. The lowest BCUT2D eigenvalue weighted by Crippen LogP contribution is -2.06. The van der Waals surface area contributed by atoms with Crippen molar-refractivity contribution in [1.82, 2.24) is 0 Å². The van der Waals surface area contributed by atoms with Crippen LogP contribution in [0.15, 0.2) is 65.2 Å². The summed E-state index contributed by atoms with van der Waals surface area (Å²) in [5, 5.41) is 9.07. The third-order valence-electron chi connectivity index (χ3n) is 3.29. The van der Waals surface area contributed by atoms with Crippen molar-refractivity contribution in [2.24, 2.45) is 4.99 Å². The number of carbonyl (C=O) groups is 1. The first-order chi connectivity index (χ1) is 11.8. The highest BCUT2D eigenvalue weighted by atomic mass is 19.1. The minimum Gasteiger partial charge on any atom is -0.478 e. The van der Waals surface area contributed by atoms with Crippen LogP contribution in [0.3, 0.4) is 0 Å². The van der Waals surface area contributed by atoms with E-state index in [1.807, 2.05) is 26.0 Å². The molecule has 0 atom stereocenters. The molecular weight excluding hydrogens is 321 g/mol. The first kappa shape index (κ1) is 18.4.